The molecule has 0 spiro atoms. The van der Waals surface area contributed by atoms with Gasteiger partial charge >= 0.3 is 5.97 Å². The molecule has 7 nitrogen and oxygen atoms in total. The molecule has 39 heavy (non-hydrogen) atoms. The number of aryl methyl sites for hydroxylation is 2. The third kappa shape index (κ3) is 5.53. The van der Waals surface area contributed by atoms with Gasteiger partial charge in [-0.15, -0.1) is 0 Å². The van der Waals surface area contributed by atoms with Crippen LogP contribution in [0.15, 0.2) is 72.8 Å². The minimum Gasteiger partial charge on any atom is -0.486 e. The molecule has 1 aliphatic heterocycles. The molecule has 0 unspecified atom stereocenters. The van der Waals surface area contributed by atoms with Crippen LogP contribution < -0.4 is 14.8 Å². The molecule has 3 aromatic carbocycles. The van der Waals surface area contributed by atoms with Gasteiger partial charge in [-0.3, -0.25) is 4.79 Å². The highest BCUT2D eigenvalue weighted by Gasteiger charge is 2.24. The number of carbonyl (C=O) groups excluding carboxylic acids is 2. The SMILES string of the molecule is Cc1cccc(Nc2ccccc2C(=O)OCC(=O)c2cc(C)n(C[C@H]3COc4ccccc4O3)c2C)c1C. The van der Waals surface area contributed by atoms with Crippen molar-refractivity contribution in [3.63, 3.8) is 0 Å². The number of esters is 1. The summed E-state index contributed by atoms with van der Waals surface area (Å²) < 4.78 is 19.5. The number of nitrogens with zero attached hydrogens (tertiary/aromatic N) is 1. The second-order valence-electron chi connectivity index (χ2n) is 9.81. The Morgan fingerprint density at radius 2 is 1.62 bits per heavy atom. The lowest BCUT2D eigenvalue weighted by Gasteiger charge is -2.27. The van der Waals surface area contributed by atoms with Crippen LogP contribution in [0.5, 0.6) is 11.5 Å². The standard InChI is InChI=1S/C32H32N2O5/c1-20-10-9-13-27(22(20)3)33-28-12-6-5-11-25(28)32(36)38-19-29(35)26-16-21(2)34(23(26)4)17-24-18-37-30-14-7-8-15-31(30)39-24/h5-16,24,33H,17-19H2,1-4H3/t24-/m0/s1. The van der Waals surface area contributed by atoms with Gasteiger partial charge in [-0.2, -0.15) is 0 Å². The number of fused-ring (bicyclic) bond motifs is 1. The zero-order chi connectivity index (χ0) is 27.5. The highest BCUT2D eigenvalue weighted by Crippen LogP contribution is 2.32. The van der Waals surface area contributed by atoms with Crippen LogP contribution in [0.1, 0.15) is 43.2 Å². The lowest BCUT2D eigenvalue weighted by molar-refractivity contribution is 0.0475. The Morgan fingerprint density at radius 1 is 0.897 bits per heavy atom. The number of hydrogen-bond acceptors (Lipinski definition) is 6. The van der Waals surface area contributed by atoms with Crippen molar-refractivity contribution in [3.8, 4) is 11.5 Å². The number of anilines is 2. The average Bonchev–Trinajstić information content (AvgIpc) is 3.22. The third-order valence-corrected chi connectivity index (χ3v) is 7.18. The lowest BCUT2D eigenvalue weighted by Crippen LogP contribution is -2.33. The molecule has 0 fully saturated rings. The van der Waals surface area contributed by atoms with E-state index in [0.717, 1.165) is 34.0 Å². The highest BCUT2D eigenvalue weighted by atomic mass is 16.6. The Hall–Kier alpha value is -4.52. The number of ether oxygens (including phenoxy) is 3. The Labute approximate surface area is 228 Å². The van der Waals surface area contributed by atoms with Gasteiger partial charge in [0.2, 0.25) is 5.78 Å². The quantitative estimate of drug-likeness (QED) is 0.214. The molecule has 1 N–H and O–H groups in total. The third-order valence-electron chi connectivity index (χ3n) is 7.18. The minimum atomic E-state index is -0.558. The molecule has 200 valence electrons. The van der Waals surface area contributed by atoms with E-state index < -0.39 is 5.97 Å². The maximum Gasteiger partial charge on any atom is 0.340 e. The van der Waals surface area contributed by atoms with Crippen LogP contribution in [0.25, 0.3) is 0 Å². The van der Waals surface area contributed by atoms with Gasteiger partial charge < -0.3 is 24.1 Å². The summed E-state index contributed by atoms with van der Waals surface area (Å²) in [5.41, 5.74) is 6.40. The highest BCUT2D eigenvalue weighted by molar-refractivity contribution is 6.02. The summed E-state index contributed by atoms with van der Waals surface area (Å²) in [6.07, 6.45) is -0.188. The van der Waals surface area contributed by atoms with E-state index in [0.29, 0.717) is 35.7 Å². The van der Waals surface area contributed by atoms with Gasteiger partial charge in [0, 0.05) is 22.6 Å². The maximum absolute atomic E-state index is 13.1. The zero-order valence-corrected chi connectivity index (χ0v) is 22.6. The maximum atomic E-state index is 13.1. The smallest absolute Gasteiger partial charge is 0.340 e. The molecule has 0 saturated carbocycles. The molecule has 0 saturated heterocycles. The summed E-state index contributed by atoms with van der Waals surface area (Å²) in [5.74, 6) is 0.635. The summed E-state index contributed by atoms with van der Waals surface area (Å²) in [6.45, 7) is 8.52. The first kappa shape index (κ1) is 26.1. The number of Topliss-reactive ketones (excluding diaryl/α,β-unsaturated/α-hetero) is 1. The van der Waals surface area contributed by atoms with Crippen molar-refractivity contribution >= 4 is 23.1 Å². The van der Waals surface area contributed by atoms with Crippen LogP contribution >= 0.6 is 0 Å². The Balaban J connectivity index is 1.25. The van der Waals surface area contributed by atoms with Crippen molar-refractivity contribution in [2.75, 3.05) is 18.5 Å². The number of carbonyl (C=O) groups is 2. The molecule has 1 aliphatic rings. The second-order valence-corrected chi connectivity index (χ2v) is 9.81. The molecule has 1 atom stereocenters. The van der Waals surface area contributed by atoms with Crippen LogP contribution in [0.4, 0.5) is 11.4 Å². The lowest BCUT2D eigenvalue weighted by atomic mass is 10.1. The van der Waals surface area contributed by atoms with Gasteiger partial charge in [-0.05, 0) is 75.2 Å². The van der Waals surface area contributed by atoms with Crippen molar-refractivity contribution in [3.05, 3.63) is 106 Å². The fraction of sp³-hybridized carbons (Fsp3) is 0.250. The van der Waals surface area contributed by atoms with Crippen molar-refractivity contribution in [1.29, 1.82) is 0 Å². The molecule has 0 bridgehead atoms. The molecule has 5 rings (SSSR count). The number of rotatable bonds is 8. The van der Waals surface area contributed by atoms with E-state index in [1.165, 1.54) is 0 Å². The number of nitrogens with one attached hydrogen (secondary N) is 1. The second kappa shape index (κ2) is 11.1. The molecule has 0 radical (unpaired) electrons. The van der Waals surface area contributed by atoms with Crippen LogP contribution in [0.2, 0.25) is 0 Å². The fourth-order valence-electron chi connectivity index (χ4n) is 4.81. The Bertz CT molecular complexity index is 1540. The van der Waals surface area contributed by atoms with Crippen molar-refractivity contribution in [1.82, 2.24) is 4.57 Å². The van der Waals surface area contributed by atoms with E-state index >= 15 is 0 Å². The van der Waals surface area contributed by atoms with E-state index in [1.807, 2.05) is 92.9 Å². The van der Waals surface area contributed by atoms with Gasteiger partial charge in [0.05, 0.1) is 17.8 Å². The predicted molar refractivity (Wildman–Crippen MR) is 151 cm³/mol. The number of para-hydroxylation sites is 3. The molecule has 7 heteroatoms. The summed E-state index contributed by atoms with van der Waals surface area (Å²) in [5, 5.41) is 3.34. The van der Waals surface area contributed by atoms with Gasteiger partial charge in [0.1, 0.15) is 6.61 Å². The summed E-state index contributed by atoms with van der Waals surface area (Å²) in [6, 6.07) is 22.5. The number of aromatic nitrogens is 1. The van der Waals surface area contributed by atoms with Crippen LogP contribution in [0, 0.1) is 27.7 Å². The normalized spacial score (nSPS) is 14.1. The number of ketones is 1. The van der Waals surface area contributed by atoms with Crippen LogP contribution in [-0.2, 0) is 11.3 Å². The molecule has 1 aromatic heterocycles. The largest absolute Gasteiger partial charge is 0.486 e. The van der Waals surface area contributed by atoms with Crippen LogP contribution in [0.3, 0.4) is 0 Å². The van der Waals surface area contributed by atoms with Crippen molar-refractivity contribution in [2.45, 2.75) is 40.3 Å². The van der Waals surface area contributed by atoms with E-state index in [9.17, 15) is 9.59 Å². The number of benzene rings is 3. The molecule has 0 amide bonds. The van der Waals surface area contributed by atoms with Gasteiger partial charge in [-0.1, -0.05) is 36.4 Å². The first-order valence-corrected chi connectivity index (χ1v) is 13.0. The molecular weight excluding hydrogens is 492 g/mol. The van der Waals surface area contributed by atoms with Gasteiger partial charge in [0.15, 0.2) is 24.2 Å². The summed E-state index contributed by atoms with van der Waals surface area (Å²) in [7, 11) is 0. The minimum absolute atomic E-state index is 0.188. The topological polar surface area (TPSA) is 78.8 Å². The van der Waals surface area contributed by atoms with E-state index in [2.05, 4.69) is 5.32 Å². The summed E-state index contributed by atoms with van der Waals surface area (Å²) >= 11 is 0. The molecule has 0 aliphatic carbocycles. The van der Waals surface area contributed by atoms with E-state index in [-0.39, 0.29) is 18.5 Å². The zero-order valence-electron chi connectivity index (χ0n) is 22.6. The molecule has 4 aromatic rings. The van der Waals surface area contributed by atoms with Gasteiger partial charge in [0.25, 0.3) is 0 Å². The van der Waals surface area contributed by atoms with E-state index in [4.69, 9.17) is 14.2 Å². The molecular formula is C32H32N2O5. The van der Waals surface area contributed by atoms with Crippen LogP contribution in [-0.4, -0.2) is 35.6 Å². The Morgan fingerprint density at radius 3 is 2.44 bits per heavy atom. The average molecular weight is 525 g/mol. The predicted octanol–water partition coefficient (Wildman–Crippen LogP) is 6.35. The Kier molecular flexibility index (Phi) is 7.41. The van der Waals surface area contributed by atoms with Crippen molar-refractivity contribution in [2.24, 2.45) is 0 Å². The first-order chi connectivity index (χ1) is 18.8. The fourth-order valence-corrected chi connectivity index (χ4v) is 4.81. The van der Waals surface area contributed by atoms with E-state index in [1.54, 1.807) is 12.1 Å². The first-order valence-electron chi connectivity index (χ1n) is 13.0. The van der Waals surface area contributed by atoms with Gasteiger partial charge in [-0.25, -0.2) is 4.79 Å². The van der Waals surface area contributed by atoms with Crippen molar-refractivity contribution < 1.29 is 23.8 Å². The number of hydrogen-bond donors (Lipinski definition) is 1. The molecule has 2 heterocycles. The monoisotopic (exact) mass is 524 g/mol. The summed E-state index contributed by atoms with van der Waals surface area (Å²) in [4.78, 5) is 26.1.